The first-order chi connectivity index (χ1) is 9.45. The molecule has 0 bridgehead atoms. The van der Waals surface area contributed by atoms with Crippen LogP contribution in [-0.4, -0.2) is 40.5 Å². The van der Waals surface area contributed by atoms with Crippen molar-refractivity contribution in [1.29, 1.82) is 0 Å². The van der Waals surface area contributed by atoms with Crippen LogP contribution in [0.3, 0.4) is 0 Å². The van der Waals surface area contributed by atoms with Gasteiger partial charge in [0.1, 0.15) is 6.61 Å². The van der Waals surface area contributed by atoms with Gasteiger partial charge in [-0.25, -0.2) is 4.39 Å². The van der Waals surface area contributed by atoms with E-state index in [1.807, 2.05) is 0 Å². The van der Waals surface area contributed by atoms with Crippen LogP contribution in [0.2, 0.25) is 0 Å². The average Bonchev–Trinajstić information content (AvgIpc) is 2.38. The van der Waals surface area contributed by atoms with Gasteiger partial charge in [0.25, 0.3) is 0 Å². The van der Waals surface area contributed by atoms with Gasteiger partial charge in [-0.05, 0) is 18.6 Å². The van der Waals surface area contributed by atoms with E-state index in [2.05, 4.69) is 0 Å². The van der Waals surface area contributed by atoms with Crippen molar-refractivity contribution in [3.8, 4) is 5.75 Å². The van der Waals surface area contributed by atoms with Crippen LogP contribution >= 0.6 is 0 Å². The minimum absolute atomic E-state index is 0. The second-order valence-electron chi connectivity index (χ2n) is 4.07. The van der Waals surface area contributed by atoms with E-state index in [-0.39, 0.29) is 64.6 Å². The second kappa shape index (κ2) is 11.0. The predicted octanol–water partition coefficient (Wildman–Crippen LogP) is -0.684. The van der Waals surface area contributed by atoms with E-state index >= 15 is 0 Å². The number of benzene rings is 1. The summed E-state index contributed by atoms with van der Waals surface area (Å²) in [7, 11) is 1.57. The Hall–Kier alpha value is 0.361. The summed E-state index contributed by atoms with van der Waals surface area (Å²) in [5.74, 6) is -1.24. The molecule has 0 spiro atoms. The summed E-state index contributed by atoms with van der Waals surface area (Å²) < 4.78 is 65.7. The van der Waals surface area contributed by atoms with E-state index in [0.717, 1.165) is 6.07 Å². The van der Waals surface area contributed by atoms with E-state index in [1.165, 1.54) is 0 Å². The Balaban J connectivity index is 0.00000400. The largest absolute Gasteiger partial charge is 1.00 e. The molecule has 1 rings (SSSR count). The quantitative estimate of drug-likeness (QED) is 0.340. The topological polar surface area (TPSA) is 27.7 Å². The molecule has 1 aromatic carbocycles. The van der Waals surface area contributed by atoms with Gasteiger partial charge in [-0.2, -0.15) is 0 Å². The van der Waals surface area contributed by atoms with Gasteiger partial charge in [-0.15, -0.1) is 5.46 Å². The summed E-state index contributed by atoms with van der Waals surface area (Å²) in [6.45, 7) is -4.00. The molecule has 0 aliphatic heterocycles. The zero-order valence-corrected chi connectivity index (χ0v) is 15.2. The molecule has 114 valence electrons. The molecule has 0 saturated heterocycles. The van der Waals surface area contributed by atoms with E-state index in [9.17, 15) is 17.3 Å². The zero-order valence-electron chi connectivity index (χ0n) is 12.1. The normalized spacial score (nSPS) is 11.1. The Morgan fingerprint density at radius 1 is 1.05 bits per heavy atom. The minimum atomic E-state index is -5.17. The fourth-order valence-corrected chi connectivity index (χ4v) is 1.45. The number of rotatable bonds is 9. The van der Waals surface area contributed by atoms with E-state index in [1.54, 1.807) is 7.11 Å². The maximum Gasteiger partial charge on any atom is 1.00 e. The van der Waals surface area contributed by atoms with E-state index in [0.29, 0.717) is 31.8 Å². The molecule has 0 atom stereocenters. The van der Waals surface area contributed by atoms with Gasteiger partial charge < -0.3 is 27.2 Å². The number of ether oxygens (including phenoxy) is 3. The van der Waals surface area contributed by atoms with Crippen LogP contribution in [0, 0.1) is 5.82 Å². The third kappa shape index (κ3) is 8.53. The molecular weight excluding hydrogens is 318 g/mol. The molecule has 0 N–H and O–H groups in total. The number of hydrogen-bond acceptors (Lipinski definition) is 3. The summed E-state index contributed by atoms with van der Waals surface area (Å²) in [5.41, 5.74) is -0.887. The third-order valence-corrected chi connectivity index (χ3v) is 2.46. The molecule has 0 amide bonds. The van der Waals surface area contributed by atoms with Crippen molar-refractivity contribution in [3.63, 3.8) is 0 Å². The molecule has 0 unspecified atom stereocenters. The number of hydrogen-bond donors (Lipinski definition) is 0. The third-order valence-electron chi connectivity index (χ3n) is 2.46. The van der Waals surface area contributed by atoms with Gasteiger partial charge in [-0.1, -0.05) is 6.07 Å². The molecule has 3 nitrogen and oxygen atoms in total. The van der Waals surface area contributed by atoms with Gasteiger partial charge in [0.05, 0.1) is 6.61 Å². The molecule has 1 aromatic rings. The molecule has 0 fully saturated rings. The van der Waals surface area contributed by atoms with Gasteiger partial charge >= 0.3 is 58.4 Å². The summed E-state index contributed by atoms with van der Waals surface area (Å²) >= 11 is 0. The molecule has 0 heterocycles. The maximum atomic E-state index is 13.3. The Morgan fingerprint density at radius 2 is 1.76 bits per heavy atom. The van der Waals surface area contributed by atoms with Crippen LogP contribution in [0.1, 0.15) is 6.42 Å². The first-order valence-corrected chi connectivity index (χ1v) is 6.14. The molecule has 0 radical (unpaired) electrons. The fraction of sp³-hybridized carbons (Fsp3) is 0.500. The Labute approximate surface area is 163 Å². The first-order valence-electron chi connectivity index (χ1n) is 6.14. The van der Waals surface area contributed by atoms with Crippen LogP contribution in [0.5, 0.6) is 5.75 Å². The van der Waals surface area contributed by atoms with Crippen molar-refractivity contribution in [2.75, 3.05) is 33.5 Å². The Kier molecular flexibility index (Phi) is 11.2. The molecular formula is C12H16BF4KO3. The van der Waals surface area contributed by atoms with Crippen LogP contribution in [0.25, 0.3) is 0 Å². The summed E-state index contributed by atoms with van der Waals surface area (Å²) in [4.78, 5) is 0. The zero-order chi connectivity index (χ0) is 15.0. The first kappa shape index (κ1) is 21.4. The predicted molar refractivity (Wildman–Crippen MR) is 67.9 cm³/mol. The van der Waals surface area contributed by atoms with Gasteiger partial charge in [0.2, 0.25) is 0 Å². The Morgan fingerprint density at radius 3 is 2.38 bits per heavy atom. The maximum absolute atomic E-state index is 13.3. The average molecular weight is 334 g/mol. The number of methoxy groups -OCH3 is 1. The van der Waals surface area contributed by atoms with Crippen molar-refractivity contribution in [3.05, 3.63) is 24.0 Å². The van der Waals surface area contributed by atoms with Crippen molar-refractivity contribution in [1.82, 2.24) is 0 Å². The molecule has 0 aromatic heterocycles. The second-order valence-corrected chi connectivity index (χ2v) is 4.07. The summed E-state index contributed by atoms with van der Waals surface area (Å²) in [5, 5.41) is 0. The van der Waals surface area contributed by atoms with E-state index < -0.39 is 24.0 Å². The van der Waals surface area contributed by atoms with Crippen molar-refractivity contribution >= 4 is 12.4 Å². The minimum Gasteiger partial charge on any atom is -0.488 e. The summed E-state index contributed by atoms with van der Waals surface area (Å²) in [6, 6.07) is 2.11. The van der Waals surface area contributed by atoms with Crippen LogP contribution in [0.15, 0.2) is 18.2 Å². The van der Waals surface area contributed by atoms with Crippen LogP contribution in [0.4, 0.5) is 17.3 Å². The van der Waals surface area contributed by atoms with Crippen molar-refractivity contribution in [2.24, 2.45) is 0 Å². The summed E-state index contributed by atoms with van der Waals surface area (Å²) in [6.07, 6.45) is 0.705. The van der Waals surface area contributed by atoms with Crippen molar-refractivity contribution in [2.45, 2.75) is 6.42 Å². The monoisotopic (exact) mass is 334 g/mol. The molecule has 0 saturated carbocycles. The van der Waals surface area contributed by atoms with E-state index in [4.69, 9.17) is 14.2 Å². The SMILES string of the molecule is COCCCOCCOc1cc([B-](F)(F)F)ccc1F.[K+]. The van der Waals surface area contributed by atoms with Crippen LogP contribution < -0.4 is 61.6 Å². The molecule has 9 heteroatoms. The molecule has 0 aliphatic carbocycles. The standard InChI is InChI=1S/C12H16BF4O3.K/c1-18-5-2-6-19-7-8-20-12-9-10(13(15,16)17)3-4-11(12)14;/h3-4,9H,2,5-8H2,1H3;/q-1;+1. The van der Waals surface area contributed by atoms with Gasteiger partial charge in [-0.3, -0.25) is 0 Å². The molecule has 0 aliphatic rings. The fourth-order valence-electron chi connectivity index (χ4n) is 1.45. The van der Waals surface area contributed by atoms with Gasteiger partial charge in [0.15, 0.2) is 11.6 Å². The Bertz CT molecular complexity index is 418. The van der Waals surface area contributed by atoms with Crippen molar-refractivity contribution < 1.29 is 82.9 Å². The number of halogens is 4. The van der Waals surface area contributed by atoms with Crippen LogP contribution in [-0.2, 0) is 9.47 Å². The smallest absolute Gasteiger partial charge is 0.488 e. The molecule has 21 heavy (non-hydrogen) atoms. The van der Waals surface area contributed by atoms with Gasteiger partial charge in [0, 0.05) is 20.3 Å².